The highest BCUT2D eigenvalue weighted by molar-refractivity contribution is 6.07. The lowest BCUT2D eigenvalue weighted by Crippen LogP contribution is -2.00. The molecule has 0 saturated heterocycles. The molecule has 0 N–H and O–H groups in total. The fraction of sp³-hybridized carbons (Fsp3) is 0. The summed E-state index contributed by atoms with van der Waals surface area (Å²) in [6, 6.07) is 56.5. The molecule has 2 aromatic heterocycles. The number of hydrogen-bond acceptors (Lipinski definition) is 4. The standard InChI is InChI=1S/C43H27N3O/c1-3-9-28(10-4-1)35-22-24-39-38(26-35)37-23-21-36(27-40(37)47-39)43-45-41(31-12-5-2-6-13-31)44-42(46-43)32-18-15-30(16-19-32)34-20-17-29-11-7-8-14-33(29)25-34/h1-27H. The normalized spacial score (nSPS) is 11.4. The molecule has 0 bridgehead atoms. The summed E-state index contributed by atoms with van der Waals surface area (Å²) in [5, 5.41) is 4.60. The van der Waals surface area contributed by atoms with Gasteiger partial charge in [-0.3, -0.25) is 0 Å². The number of hydrogen-bond donors (Lipinski definition) is 0. The Balaban J connectivity index is 1.12. The summed E-state index contributed by atoms with van der Waals surface area (Å²) in [6.45, 7) is 0. The molecule has 0 aliphatic carbocycles. The van der Waals surface area contributed by atoms with Crippen LogP contribution in [0.1, 0.15) is 0 Å². The Hall–Kier alpha value is -6.39. The molecule has 9 aromatic rings. The molecule has 0 aliphatic rings. The molecule has 0 aliphatic heterocycles. The molecule has 0 atom stereocenters. The third-order valence-corrected chi connectivity index (χ3v) is 8.73. The minimum atomic E-state index is 0.597. The highest BCUT2D eigenvalue weighted by Crippen LogP contribution is 2.35. The average molecular weight is 602 g/mol. The Morgan fingerprint density at radius 2 is 0.809 bits per heavy atom. The van der Waals surface area contributed by atoms with Crippen molar-refractivity contribution in [2.24, 2.45) is 0 Å². The summed E-state index contributed by atoms with van der Waals surface area (Å²) in [5.74, 6) is 1.84. The van der Waals surface area contributed by atoms with Gasteiger partial charge in [0.1, 0.15) is 11.2 Å². The lowest BCUT2D eigenvalue weighted by atomic mass is 10.00. The van der Waals surface area contributed by atoms with Crippen LogP contribution >= 0.6 is 0 Å². The van der Waals surface area contributed by atoms with Gasteiger partial charge in [0.15, 0.2) is 17.5 Å². The van der Waals surface area contributed by atoms with Gasteiger partial charge in [0.2, 0.25) is 0 Å². The van der Waals surface area contributed by atoms with Gasteiger partial charge in [-0.05, 0) is 63.4 Å². The van der Waals surface area contributed by atoms with E-state index in [2.05, 4.69) is 115 Å². The molecule has 2 heterocycles. The van der Waals surface area contributed by atoms with Gasteiger partial charge in [0, 0.05) is 27.5 Å². The van der Waals surface area contributed by atoms with Crippen molar-refractivity contribution in [3.63, 3.8) is 0 Å². The molecule has 0 radical (unpaired) electrons. The maximum atomic E-state index is 6.35. The van der Waals surface area contributed by atoms with Gasteiger partial charge in [0.05, 0.1) is 0 Å². The Labute approximate surface area is 271 Å². The van der Waals surface area contributed by atoms with Crippen molar-refractivity contribution >= 4 is 32.7 Å². The van der Waals surface area contributed by atoms with Gasteiger partial charge < -0.3 is 4.42 Å². The topological polar surface area (TPSA) is 51.8 Å². The predicted molar refractivity (Wildman–Crippen MR) is 192 cm³/mol. The van der Waals surface area contributed by atoms with Gasteiger partial charge in [-0.2, -0.15) is 0 Å². The van der Waals surface area contributed by atoms with E-state index in [0.717, 1.165) is 49.8 Å². The molecule has 220 valence electrons. The minimum absolute atomic E-state index is 0.597. The highest BCUT2D eigenvalue weighted by Gasteiger charge is 2.15. The van der Waals surface area contributed by atoms with Crippen LogP contribution in [0.5, 0.6) is 0 Å². The van der Waals surface area contributed by atoms with Gasteiger partial charge in [0.25, 0.3) is 0 Å². The first-order valence-corrected chi connectivity index (χ1v) is 15.7. The summed E-state index contributed by atoms with van der Waals surface area (Å²) in [5.41, 5.74) is 9.03. The first-order chi connectivity index (χ1) is 23.2. The van der Waals surface area contributed by atoms with Crippen LogP contribution in [0.3, 0.4) is 0 Å². The van der Waals surface area contributed by atoms with Crippen LogP contribution in [-0.4, -0.2) is 15.0 Å². The first kappa shape index (κ1) is 27.0. The van der Waals surface area contributed by atoms with Crippen LogP contribution < -0.4 is 0 Å². The van der Waals surface area contributed by atoms with Crippen molar-refractivity contribution in [3.05, 3.63) is 164 Å². The summed E-state index contributed by atoms with van der Waals surface area (Å²) in [4.78, 5) is 14.9. The largest absolute Gasteiger partial charge is 0.456 e. The Morgan fingerprint density at radius 3 is 1.55 bits per heavy atom. The summed E-state index contributed by atoms with van der Waals surface area (Å²) < 4.78 is 6.35. The zero-order chi connectivity index (χ0) is 31.2. The van der Waals surface area contributed by atoms with Crippen LogP contribution in [0.4, 0.5) is 0 Å². The van der Waals surface area contributed by atoms with Crippen LogP contribution in [0.25, 0.3) is 89.1 Å². The maximum absolute atomic E-state index is 6.35. The number of aromatic nitrogens is 3. The highest BCUT2D eigenvalue weighted by atomic mass is 16.3. The molecular formula is C43H27N3O. The molecule has 7 aromatic carbocycles. The van der Waals surface area contributed by atoms with Gasteiger partial charge in [-0.15, -0.1) is 0 Å². The second-order valence-corrected chi connectivity index (χ2v) is 11.7. The van der Waals surface area contributed by atoms with Crippen LogP contribution in [-0.2, 0) is 0 Å². The third-order valence-electron chi connectivity index (χ3n) is 8.73. The molecule has 0 spiro atoms. The van der Waals surface area contributed by atoms with Crippen molar-refractivity contribution in [2.45, 2.75) is 0 Å². The second-order valence-electron chi connectivity index (χ2n) is 11.7. The van der Waals surface area contributed by atoms with Crippen molar-refractivity contribution < 1.29 is 4.42 Å². The Bertz CT molecular complexity index is 2550. The van der Waals surface area contributed by atoms with Gasteiger partial charge >= 0.3 is 0 Å². The Kier molecular flexibility index (Phi) is 6.43. The minimum Gasteiger partial charge on any atom is -0.456 e. The second kappa shape index (κ2) is 11.2. The van der Waals surface area contributed by atoms with Crippen molar-refractivity contribution in [1.29, 1.82) is 0 Å². The summed E-state index contributed by atoms with van der Waals surface area (Å²) in [6.07, 6.45) is 0. The molecule has 4 heteroatoms. The van der Waals surface area contributed by atoms with Crippen molar-refractivity contribution in [2.75, 3.05) is 0 Å². The van der Waals surface area contributed by atoms with E-state index in [1.54, 1.807) is 0 Å². The first-order valence-electron chi connectivity index (χ1n) is 15.7. The zero-order valence-corrected chi connectivity index (χ0v) is 25.3. The molecule has 0 saturated carbocycles. The van der Waals surface area contributed by atoms with Crippen LogP contribution in [0.2, 0.25) is 0 Å². The summed E-state index contributed by atoms with van der Waals surface area (Å²) >= 11 is 0. The molecule has 4 nitrogen and oxygen atoms in total. The summed E-state index contributed by atoms with van der Waals surface area (Å²) in [7, 11) is 0. The maximum Gasteiger partial charge on any atom is 0.164 e. The quantitative estimate of drug-likeness (QED) is 0.197. The lowest BCUT2D eigenvalue weighted by molar-refractivity contribution is 0.669. The molecule has 0 unspecified atom stereocenters. The van der Waals surface area contributed by atoms with E-state index >= 15 is 0 Å². The van der Waals surface area contributed by atoms with Crippen molar-refractivity contribution in [3.8, 4) is 56.4 Å². The van der Waals surface area contributed by atoms with E-state index in [0.29, 0.717) is 17.5 Å². The van der Waals surface area contributed by atoms with Gasteiger partial charge in [-0.25, -0.2) is 15.0 Å². The predicted octanol–water partition coefficient (Wildman–Crippen LogP) is 11.3. The van der Waals surface area contributed by atoms with Gasteiger partial charge in [-0.1, -0.05) is 133 Å². The number of benzene rings is 7. The molecular weight excluding hydrogens is 574 g/mol. The average Bonchev–Trinajstić information content (AvgIpc) is 3.52. The fourth-order valence-electron chi connectivity index (χ4n) is 6.26. The number of fused-ring (bicyclic) bond motifs is 4. The van der Waals surface area contributed by atoms with E-state index in [4.69, 9.17) is 19.4 Å². The SMILES string of the molecule is c1ccc(-c2ccc3oc4cc(-c5nc(-c6ccccc6)nc(-c6ccc(-c7ccc8ccccc8c7)cc6)n5)ccc4c3c2)cc1. The molecule has 47 heavy (non-hydrogen) atoms. The third kappa shape index (κ3) is 5.02. The molecule has 0 amide bonds. The number of rotatable bonds is 5. The van der Waals surface area contributed by atoms with Crippen LogP contribution in [0.15, 0.2) is 168 Å². The monoisotopic (exact) mass is 601 g/mol. The van der Waals surface area contributed by atoms with E-state index < -0.39 is 0 Å². The van der Waals surface area contributed by atoms with Crippen LogP contribution in [0, 0.1) is 0 Å². The van der Waals surface area contributed by atoms with E-state index in [1.165, 1.54) is 21.9 Å². The molecule has 9 rings (SSSR count). The van der Waals surface area contributed by atoms with E-state index in [-0.39, 0.29) is 0 Å². The fourth-order valence-corrected chi connectivity index (χ4v) is 6.26. The zero-order valence-electron chi connectivity index (χ0n) is 25.3. The molecule has 0 fully saturated rings. The van der Waals surface area contributed by atoms with Crippen molar-refractivity contribution in [1.82, 2.24) is 15.0 Å². The van der Waals surface area contributed by atoms with E-state index in [9.17, 15) is 0 Å². The van der Waals surface area contributed by atoms with E-state index in [1.807, 2.05) is 48.5 Å². The smallest absolute Gasteiger partial charge is 0.164 e. The lowest BCUT2D eigenvalue weighted by Gasteiger charge is -2.09. The Morgan fingerprint density at radius 1 is 0.298 bits per heavy atom. The number of furan rings is 1. The number of nitrogens with zero attached hydrogens (tertiary/aromatic N) is 3.